The highest BCUT2D eigenvalue weighted by Crippen LogP contribution is 2.37. The molecule has 7 heteroatoms. The first kappa shape index (κ1) is 23.4. The normalized spacial score (nSPS) is 24.0. The number of fused-ring (bicyclic) bond motifs is 1. The van der Waals surface area contributed by atoms with Gasteiger partial charge in [0.2, 0.25) is 5.91 Å². The summed E-state index contributed by atoms with van der Waals surface area (Å²) in [6, 6.07) is 13.3. The van der Waals surface area contributed by atoms with Gasteiger partial charge >= 0.3 is 6.03 Å². The van der Waals surface area contributed by atoms with E-state index < -0.39 is 0 Å². The summed E-state index contributed by atoms with van der Waals surface area (Å²) in [6.07, 6.45) is 6.85. The van der Waals surface area contributed by atoms with Crippen molar-refractivity contribution in [1.29, 1.82) is 0 Å². The lowest BCUT2D eigenvalue weighted by molar-refractivity contribution is -0.135. The minimum atomic E-state index is 0.0241. The molecule has 2 aliphatic heterocycles. The van der Waals surface area contributed by atoms with Crippen molar-refractivity contribution in [1.82, 2.24) is 20.0 Å². The van der Waals surface area contributed by atoms with E-state index in [4.69, 9.17) is 0 Å². The maximum absolute atomic E-state index is 13.4. The first-order chi connectivity index (χ1) is 16.6. The Hall–Kier alpha value is -2.38. The molecule has 3 heterocycles. The molecule has 0 radical (unpaired) electrons. The summed E-state index contributed by atoms with van der Waals surface area (Å²) in [4.78, 5) is 33.9. The standard InChI is InChI=1S/C27H36N4O2S/c1-20-18-29(15-16-31(20)27(33)28-22-10-6-3-7-11-22)25(32)19-30-14-12-24-23(13-17-34-24)26(30)21-8-4-2-5-9-21/h2,4-5,8-9,13,17,20,22,26H,3,6-7,10-12,14-16,18-19H2,1H3,(H,28,33)/t20-,26+/m1/s1. The predicted octanol–water partition coefficient (Wildman–Crippen LogP) is 4.27. The first-order valence-corrected chi connectivity index (χ1v) is 13.7. The highest BCUT2D eigenvalue weighted by Gasteiger charge is 2.34. The molecule has 2 atom stereocenters. The third-order valence-corrected chi connectivity index (χ3v) is 8.69. The molecule has 1 saturated carbocycles. The summed E-state index contributed by atoms with van der Waals surface area (Å²) in [5.74, 6) is 0.166. The molecule has 0 unspecified atom stereocenters. The Morgan fingerprint density at radius 1 is 1.03 bits per heavy atom. The molecule has 1 N–H and O–H groups in total. The Bertz CT molecular complexity index is 988. The summed E-state index contributed by atoms with van der Waals surface area (Å²) < 4.78 is 0. The highest BCUT2D eigenvalue weighted by molar-refractivity contribution is 7.10. The van der Waals surface area contributed by atoms with E-state index in [2.05, 4.69) is 52.9 Å². The van der Waals surface area contributed by atoms with E-state index >= 15 is 0 Å². The van der Waals surface area contributed by atoms with Crippen LogP contribution in [-0.4, -0.2) is 71.4 Å². The molecule has 0 bridgehead atoms. The van der Waals surface area contributed by atoms with Crippen LogP contribution in [0.2, 0.25) is 0 Å². The second-order valence-corrected chi connectivity index (χ2v) is 11.0. The zero-order valence-corrected chi connectivity index (χ0v) is 20.9. The Morgan fingerprint density at radius 2 is 1.82 bits per heavy atom. The first-order valence-electron chi connectivity index (χ1n) is 12.8. The summed E-state index contributed by atoms with van der Waals surface area (Å²) in [7, 11) is 0. The number of nitrogens with one attached hydrogen (secondary N) is 1. The number of urea groups is 1. The van der Waals surface area contributed by atoms with Gasteiger partial charge in [-0.2, -0.15) is 0 Å². The van der Waals surface area contributed by atoms with Crippen LogP contribution in [0.15, 0.2) is 41.8 Å². The molecule has 1 aromatic carbocycles. The van der Waals surface area contributed by atoms with Gasteiger partial charge in [0.1, 0.15) is 0 Å². The zero-order chi connectivity index (χ0) is 23.5. The molecule has 5 rings (SSSR count). The van der Waals surface area contributed by atoms with Gasteiger partial charge in [0.05, 0.1) is 12.6 Å². The maximum atomic E-state index is 13.4. The van der Waals surface area contributed by atoms with Crippen molar-refractivity contribution < 1.29 is 9.59 Å². The number of carbonyl (C=O) groups is 2. The van der Waals surface area contributed by atoms with Gasteiger partial charge < -0.3 is 15.1 Å². The van der Waals surface area contributed by atoms with Gasteiger partial charge in [-0.3, -0.25) is 9.69 Å². The molecule has 1 saturated heterocycles. The molecule has 2 fully saturated rings. The molecule has 2 aromatic rings. The van der Waals surface area contributed by atoms with Crippen molar-refractivity contribution in [2.24, 2.45) is 0 Å². The third-order valence-electron chi connectivity index (χ3n) is 7.69. The quantitative estimate of drug-likeness (QED) is 0.711. The van der Waals surface area contributed by atoms with Gasteiger partial charge in [-0.25, -0.2) is 4.79 Å². The molecular formula is C27H36N4O2S. The van der Waals surface area contributed by atoms with Crippen LogP contribution in [0.5, 0.6) is 0 Å². The number of piperazine rings is 1. The van der Waals surface area contributed by atoms with Crippen LogP contribution in [0.25, 0.3) is 0 Å². The van der Waals surface area contributed by atoms with Crippen LogP contribution in [0, 0.1) is 0 Å². The van der Waals surface area contributed by atoms with Gasteiger partial charge in [0.25, 0.3) is 0 Å². The molecule has 6 nitrogen and oxygen atoms in total. The number of hydrogen-bond acceptors (Lipinski definition) is 4. The molecule has 182 valence electrons. The van der Waals surface area contributed by atoms with E-state index in [1.165, 1.54) is 35.3 Å². The van der Waals surface area contributed by atoms with Gasteiger partial charge in [-0.15, -0.1) is 11.3 Å². The van der Waals surface area contributed by atoms with Gasteiger partial charge in [0, 0.05) is 43.1 Å². The number of amides is 3. The lowest BCUT2D eigenvalue weighted by atomic mass is 9.93. The minimum Gasteiger partial charge on any atom is -0.338 e. The molecule has 34 heavy (non-hydrogen) atoms. The summed E-state index contributed by atoms with van der Waals surface area (Å²) in [6.45, 7) is 5.17. The average Bonchev–Trinajstić information content (AvgIpc) is 3.34. The smallest absolute Gasteiger partial charge is 0.317 e. The van der Waals surface area contributed by atoms with Crippen molar-refractivity contribution in [3.05, 3.63) is 57.8 Å². The van der Waals surface area contributed by atoms with Crippen LogP contribution in [0.1, 0.15) is 61.1 Å². The number of hydrogen-bond donors (Lipinski definition) is 1. The monoisotopic (exact) mass is 480 g/mol. The minimum absolute atomic E-state index is 0.0241. The van der Waals surface area contributed by atoms with Gasteiger partial charge in [-0.05, 0) is 48.8 Å². The van der Waals surface area contributed by atoms with Crippen molar-refractivity contribution in [3.63, 3.8) is 0 Å². The lowest BCUT2D eigenvalue weighted by Gasteiger charge is -2.42. The van der Waals surface area contributed by atoms with Crippen LogP contribution in [0.3, 0.4) is 0 Å². The zero-order valence-electron chi connectivity index (χ0n) is 20.1. The fourth-order valence-corrected chi connectivity index (χ4v) is 6.73. The van der Waals surface area contributed by atoms with Crippen molar-refractivity contribution in [2.75, 3.05) is 32.7 Å². The lowest BCUT2D eigenvalue weighted by Crippen LogP contribution is -2.59. The molecule has 3 aliphatic rings. The highest BCUT2D eigenvalue weighted by atomic mass is 32.1. The van der Waals surface area contributed by atoms with E-state index in [9.17, 15) is 9.59 Å². The van der Waals surface area contributed by atoms with Crippen molar-refractivity contribution in [2.45, 2.75) is 63.6 Å². The van der Waals surface area contributed by atoms with E-state index in [1.54, 1.807) is 0 Å². The SMILES string of the molecule is C[C@@H]1CN(C(=O)CN2CCc3sccc3[C@@H]2c2ccccc2)CCN1C(=O)NC1CCCCC1. The van der Waals surface area contributed by atoms with Crippen molar-refractivity contribution in [3.8, 4) is 0 Å². The number of benzene rings is 1. The number of thiophene rings is 1. The largest absolute Gasteiger partial charge is 0.338 e. The number of rotatable bonds is 4. The van der Waals surface area contributed by atoms with Gasteiger partial charge in [-0.1, -0.05) is 49.6 Å². The summed E-state index contributed by atoms with van der Waals surface area (Å²) in [5, 5.41) is 5.41. The molecule has 0 spiro atoms. The average molecular weight is 481 g/mol. The fourth-order valence-electron chi connectivity index (χ4n) is 5.83. The second-order valence-electron chi connectivity index (χ2n) is 10.00. The molecule has 3 amide bonds. The van der Waals surface area contributed by atoms with Crippen LogP contribution >= 0.6 is 11.3 Å². The van der Waals surface area contributed by atoms with Crippen molar-refractivity contribution >= 4 is 23.3 Å². The van der Waals surface area contributed by atoms with E-state index in [1.807, 2.05) is 27.2 Å². The summed E-state index contributed by atoms with van der Waals surface area (Å²) >= 11 is 1.82. The number of carbonyl (C=O) groups excluding carboxylic acids is 2. The topological polar surface area (TPSA) is 55.9 Å². The predicted molar refractivity (Wildman–Crippen MR) is 136 cm³/mol. The summed E-state index contributed by atoms with van der Waals surface area (Å²) in [5.41, 5.74) is 2.58. The van der Waals surface area contributed by atoms with E-state index in [0.29, 0.717) is 32.2 Å². The fraction of sp³-hybridized carbons (Fsp3) is 0.556. The Labute approximate surface area is 206 Å². The van der Waals surface area contributed by atoms with Crippen LogP contribution in [0.4, 0.5) is 4.79 Å². The Balaban J connectivity index is 1.21. The Morgan fingerprint density at radius 3 is 2.59 bits per heavy atom. The Kier molecular flexibility index (Phi) is 7.21. The molecule has 1 aliphatic carbocycles. The van der Waals surface area contributed by atoms with E-state index in [-0.39, 0.29) is 24.0 Å². The number of nitrogens with zero attached hydrogens (tertiary/aromatic N) is 3. The second kappa shape index (κ2) is 10.5. The molecule has 1 aromatic heterocycles. The van der Waals surface area contributed by atoms with Crippen LogP contribution in [-0.2, 0) is 11.2 Å². The maximum Gasteiger partial charge on any atom is 0.317 e. The third kappa shape index (κ3) is 5.01. The molecular weight excluding hydrogens is 444 g/mol. The van der Waals surface area contributed by atoms with Gasteiger partial charge in [0.15, 0.2) is 0 Å². The van der Waals surface area contributed by atoms with E-state index in [0.717, 1.165) is 25.8 Å². The van der Waals surface area contributed by atoms with Crippen LogP contribution < -0.4 is 5.32 Å².